The lowest BCUT2D eigenvalue weighted by Gasteiger charge is -2.12. The zero-order valence-electron chi connectivity index (χ0n) is 19.7. The van der Waals surface area contributed by atoms with E-state index in [0.29, 0.717) is 11.8 Å². The lowest BCUT2D eigenvalue weighted by atomic mass is 10.1. The average molecular weight is 460 g/mol. The van der Waals surface area contributed by atoms with Crippen molar-refractivity contribution in [2.24, 2.45) is 5.92 Å². The smallest absolute Gasteiger partial charge is 0.221 e. The van der Waals surface area contributed by atoms with E-state index in [1.807, 2.05) is 53.5 Å². The van der Waals surface area contributed by atoms with Crippen LogP contribution in [0.3, 0.4) is 0 Å². The van der Waals surface area contributed by atoms with Gasteiger partial charge >= 0.3 is 0 Å². The van der Waals surface area contributed by atoms with Crippen LogP contribution in [0.15, 0.2) is 97.5 Å². The molecule has 0 aliphatic rings. The molecule has 4 heterocycles. The van der Waals surface area contributed by atoms with Gasteiger partial charge in [-0.05, 0) is 54.8 Å². The third-order valence-electron chi connectivity index (χ3n) is 5.97. The van der Waals surface area contributed by atoms with Gasteiger partial charge in [-0.25, -0.2) is 14.6 Å². The molecule has 6 rings (SSSR count). The van der Waals surface area contributed by atoms with Gasteiger partial charge in [0.25, 0.3) is 0 Å². The summed E-state index contributed by atoms with van der Waals surface area (Å²) in [7, 11) is 0. The molecule has 0 aliphatic heterocycles. The molecule has 0 saturated carbocycles. The van der Waals surface area contributed by atoms with E-state index in [0.717, 1.165) is 45.8 Å². The number of nitrogens with zero attached hydrogens (tertiary/aromatic N) is 5. The quantitative estimate of drug-likeness (QED) is 0.276. The van der Waals surface area contributed by atoms with Gasteiger partial charge in [-0.2, -0.15) is 5.10 Å². The van der Waals surface area contributed by atoms with Crippen LogP contribution in [0.1, 0.15) is 19.5 Å². The van der Waals surface area contributed by atoms with Gasteiger partial charge in [0.1, 0.15) is 11.6 Å². The van der Waals surface area contributed by atoms with Gasteiger partial charge in [0.2, 0.25) is 5.88 Å². The summed E-state index contributed by atoms with van der Waals surface area (Å²) in [5.41, 5.74) is 4.05. The number of fused-ring (bicyclic) bond motifs is 3. The third-order valence-corrected chi connectivity index (χ3v) is 5.97. The van der Waals surface area contributed by atoms with Gasteiger partial charge in [0.05, 0.1) is 16.7 Å². The van der Waals surface area contributed by atoms with E-state index in [4.69, 9.17) is 9.72 Å². The third kappa shape index (κ3) is 4.04. The fraction of sp³-hybridized carbons (Fsp3) is 0.138. The fourth-order valence-electron chi connectivity index (χ4n) is 4.54. The van der Waals surface area contributed by atoms with Crippen LogP contribution >= 0.6 is 0 Å². The molecule has 35 heavy (non-hydrogen) atoms. The molecule has 0 spiro atoms. The maximum absolute atomic E-state index is 6.35. The van der Waals surface area contributed by atoms with E-state index >= 15 is 0 Å². The second-order valence-corrected chi connectivity index (χ2v) is 9.03. The number of pyridine rings is 2. The lowest BCUT2D eigenvalue weighted by molar-refractivity contribution is 0.459. The van der Waals surface area contributed by atoms with Gasteiger partial charge in [-0.1, -0.05) is 38.1 Å². The number of aromatic nitrogens is 5. The summed E-state index contributed by atoms with van der Waals surface area (Å²) in [5.74, 6) is 2.62. The minimum absolute atomic E-state index is 0.480. The van der Waals surface area contributed by atoms with Crippen molar-refractivity contribution in [1.29, 1.82) is 0 Å². The van der Waals surface area contributed by atoms with Gasteiger partial charge < -0.3 is 4.74 Å². The summed E-state index contributed by atoms with van der Waals surface area (Å²) in [6.07, 6.45) is 6.37. The van der Waals surface area contributed by atoms with E-state index < -0.39 is 0 Å². The molecule has 172 valence electrons. The van der Waals surface area contributed by atoms with Gasteiger partial charge in [0, 0.05) is 47.2 Å². The van der Waals surface area contributed by atoms with Crippen molar-refractivity contribution in [3.05, 3.63) is 103 Å². The number of hydrogen-bond donors (Lipinski definition) is 0. The van der Waals surface area contributed by atoms with Crippen LogP contribution in [0, 0.1) is 5.92 Å². The first-order chi connectivity index (χ1) is 17.2. The molecule has 0 amide bonds. The predicted octanol–water partition coefficient (Wildman–Crippen LogP) is 6.75. The Bertz CT molecular complexity index is 1620. The first kappa shape index (κ1) is 21.1. The molecule has 0 aliphatic carbocycles. The highest BCUT2D eigenvalue weighted by molar-refractivity contribution is 6.09. The van der Waals surface area contributed by atoms with Crippen LogP contribution in [0.5, 0.6) is 11.6 Å². The van der Waals surface area contributed by atoms with E-state index in [1.165, 1.54) is 5.39 Å². The molecule has 6 heteroatoms. The van der Waals surface area contributed by atoms with Gasteiger partial charge in [-0.15, -0.1) is 0 Å². The normalized spacial score (nSPS) is 11.5. The molecule has 2 aromatic carbocycles. The molecule has 6 nitrogen and oxygen atoms in total. The van der Waals surface area contributed by atoms with Crippen LogP contribution in [0.4, 0.5) is 0 Å². The fourth-order valence-corrected chi connectivity index (χ4v) is 4.54. The highest BCUT2D eigenvalue weighted by Gasteiger charge is 2.15. The molecule has 0 fully saturated rings. The molecule has 0 N–H and O–H groups in total. The monoisotopic (exact) mass is 459 g/mol. The summed E-state index contributed by atoms with van der Waals surface area (Å²) in [4.78, 5) is 9.41. The van der Waals surface area contributed by atoms with E-state index in [9.17, 15) is 0 Å². The van der Waals surface area contributed by atoms with E-state index in [-0.39, 0.29) is 0 Å². The Balaban J connectivity index is 1.47. The first-order valence-electron chi connectivity index (χ1n) is 11.8. The Labute approximate surface area is 203 Å². The van der Waals surface area contributed by atoms with Crippen molar-refractivity contribution < 1.29 is 4.74 Å². The van der Waals surface area contributed by atoms with Gasteiger partial charge in [0.15, 0.2) is 0 Å². The van der Waals surface area contributed by atoms with Crippen LogP contribution in [-0.4, -0.2) is 24.3 Å². The standard InChI is InChI=1S/C29H25N5O/c1-20(2)16-21-17-22(33-15-7-14-31-33)18-29(32-21)35-23-11-12-25-24-8-3-4-9-26(24)34(27(25)19-23)28-10-5-6-13-30-28/h3-15,17-20H,16H2,1-2H3. The molecule has 0 radical (unpaired) electrons. The van der Waals surface area contributed by atoms with Gasteiger partial charge in [-0.3, -0.25) is 4.57 Å². The van der Waals surface area contributed by atoms with Crippen molar-refractivity contribution in [2.45, 2.75) is 20.3 Å². The molecule has 0 bridgehead atoms. The number of para-hydroxylation sites is 1. The molecule has 0 unspecified atom stereocenters. The van der Waals surface area contributed by atoms with Crippen molar-refractivity contribution in [3.63, 3.8) is 0 Å². The van der Waals surface area contributed by atoms with Crippen molar-refractivity contribution in [3.8, 4) is 23.1 Å². The van der Waals surface area contributed by atoms with Crippen molar-refractivity contribution in [2.75, 3.05) is 0 Å². The van der Waals surface area contributed by atoms with Crippen LogP contribution in [0.25, 0.3) is 33.3 Å². The molecular formula is C29H25N5O. The minimum atomic E-state index is 0.480. The second kappa shape index (κ2) is 8.72. The zero-order valence-corrected chi connectivity index (χ0v) is 19.7. The van der Waals surface area contributed by atoms with Crippen molar-refractivity contribution >= 4 is 21.8 Å². The summed E-state index contributed by atoms with van der Waals surface area (Å²) in [6, 6.07) is 26.4. The summed E-state index contributed by atoms with van der Waals surface area (Å²) >= 11 is 0. The number of ether oxygens (including phenoxy) is 1. The largest absolute Gasteiger partial charge is 0.439 e. The van der Waals surface area contributed by atoms with Crippen LogP contribution < -0.4 is 4.74 Å². The summed E-state index contributed by atoms with van der Waals surface area (Å²) in [6.45, 7) is 4.38. The minimum Gasteiger partial charge on any atom is -0.439 e. The highest BCUT2D eigenvalue weighted by atomic mass is 16.5. The SMILES string of the molecule is CC(C)Cc1cc(-n2cccn2)cc(Oc2ccc3c4ccccc4n(-c4ccccn4)c3c2)n1. The Morgan fingerprint density at radius 1 is 0.829 bits per heavy atom. The lowest BCUT2D eigenvalue weighted by Crippen LogP contribution is -2.03. The zero-order chi connectivity index (χ0) is 23.8. The van der Waals surface area contributed by atoms with Crippen molar-refractivity contribution in [1.82, 2.24) is 24.3 Å². The first-order valence-corrected chi connectivity index (χ1v) is 11.8. The second-order valence-electron chi connectivity index (χ2n) is 9.03. The molecule has 0 saturated heterocycles. The molecule has 6 aromatic rings. The van der Waals surface area contributed by atoms with E-state index in [1.54, 1.807) is 6.20 Å². The number of rotatable bonds is 6. The summed E-state index contributed by atoms with van der Waals surface area (Å²) < 4.78 is 10.4. The topological polar surface area (TPSA) is 57.8 Å². The Hall–Kier alpha value is -4.45. The van der Waals surface area contributed by atoms with E-state index in [2.05, 4.69) is 71.0 Å². The Morgan fingerprint density at radius 3 is 2.49 bits per heavy atom. The molecule has 0 atom stereocenters. The number of hydrogen-bond acceptors (Lipinski definition) is 4. The van der Waals surface area contributed by atoms with Crippen LogP contribution in [-0.2, 0) is 6.42 Å². The molecular weight excluding hydrogens is 434 g/mol. The Kier molecular flexibility index (Phi) is 5.26. The predicted molar refractivity (Wildman–Crippen MR) is 139 cm³/mol. The number of benzene rings is 2. The maximum atomic E-state index is 6.35. The molecule has 4 aromatic heterocycles. The van der Waals surface area contributed by atoms with Crippen LogP contribution in [0.2, 0.25) is 0 Å². The maximum Gasteiger partial charge on any atom is 0.221 e. The highest BCUT2D eigenvalue weighted by Crippen LogP contribution is 2.34. The average Bonchev–Trinajstić information content (AvgIpc) is 3.51. The Morgan fingerprint density at radius 2 is 1.69 bits per heavy atom. The summed E-state index contributed by atoms with van der Waals surface area (Å²) in [5, 5.41) is 6.72.